The van der Waals surface area contributed by atoms with Crippen molar-refractivity contribution in [2.75, 3.05) is 0 Å². The standard InChI is InChI=1S/C36H34N2/c1-5-15-29-25(11-1)21-26-12-2-6-16-30(26)33(29)23-37-35-19-9-10-20-36(35)38-24-34-31-17-7-3-13-27(31)22-28-14-4-8-18-32(28)34/h1-8,11-18,21-22,35-38H,9-10,19-20,23-24H2/t35-,36-/m0/s1. The summed E-state index contributed by atoms with van der Waals surface area (Å²) >= 11 is 0. The molecule has 0 spiro atoms. The van der Waals surface area contributed by atoms with Crippen LogP contribution in [-0.4, -0.2) is 12.1 Å². The predicted molar refractivity (Wildman–Crippen MR) is 163 cm³/mol. The molecule has 38 heavy (non-hydrogen) atoms. The SMILES string of the molecule is c1ccc2c(CN[C@H]3CCCC[C@@H]3NCc3c4ccccc4cc4ccccc34)c3ccccc3cc2c1. The molecule has 7 rings (SSSR count). The smallest absolute Gasteiger partial charge is 0.0224 e. The Morgan fingerprint density at radius 3 is 1.11 bits per heavy atom. The van der Waals surface area contributed by atoms with E-state index in [-0.39, 0.29) is 0 Å². The van der Waals surface area contributed by atoms with Gasteiger partial charge in [-0.05, 0) is 79.2 Å². The van der Waals surface area contributed by atoms with Gasteiger partial charge in [-0.25, -0.2) is 0 Å². The van der Waals surface area contributed by atoms with Gasteiger partial charge in [-0.15, -0.1) is 0 Å². The average molecular weight is 495 g/mol. The summed E-state index contributed by atoms with van der Waals surface area (Å²) < 4.78 is 0. The van der Waals surface area contributed by atoms with E-state index in [2.05, 4.69) is 120 Å². The molecule has 1 aliphatic rings. The summed E-state index contributed by atoms with van der Waals surface area (Å²) in [7, 11) is 0. The van der Waals surface area contributed by atoms with Crippen LogP contribution in [0.3, 0.4) is 0 Å². The van der Waals surface area contributed by atoms with Gasteiger partial charge < -0.3 is 10.6 Å². The Morgan fingerprint density at radius 2 is 0.763 bits per heavy atom. The third-order valence-electron chi connectivity index (χ3n) is 8.61. The average Bonchev–Trinajstić information content (AvgIpc) is 2.98. The highest BCUT2D eigenvalue weighted by Gasteiger charge is 2.25. The lowest BCUT2D eigenvalue weighted by Gasteiger charge is -2.34. The monoisotopic (exact) mass is 494 g/mol. The molecule has 188 valence electrons. The van der Waals surface area contributed by atoms with E-state index in [4.69, 9.17) is 0 Å². The Balaban J connectivity index is 1.17. The first-order valence-electron chi connectivity index (χ1n) is 14.1. The van der Waals surface area contributed by atoms with Gasteiger partial charge in [0.15, 0.2) is 0 Å². The Hall–Kier alpha value is -3.72. The van der Waals surface area contributed by atoms with Crippen LogP contribution >= 0.6 is 0 Å². The van der Waals surface area contributed by atoms with E-state index in [0.717, 1.165) is 13.1 Å². The van der Waals surface area contributed by atoms with E-state index in [0.29, 0.717) is 12.1 Å². The van der Waals surface area contributed by atoms with E-state index < -0.39 is 0 Å². The van der Waals surface area contributed by atoms with Gasteiger partial charge in [0.1, 0.15) is 0 Å². The molecule has 1 saturated carbocycles. The van der Waals surface area contributed by atoms with Crippen molar-refractivity contribution in [3.63, 3.8) is 0 Å². The first-order valence-corrected chi connectivity index (χ1v) is 14.1. The maximum Gasteiger partial charge on any atom is 0.0224 e. The van der Waals surface area contributed by atoms with Gasteiger partial charge in [0.2, 0.25) is 0 Å². The number of hydrogen-bond donors (Lipinski definition) is 2. The molecule has 2 nitrogen and oxygen atoms in total. The first kappa shape index (κ1) is 23.4. The van der Waals surface area contributed by atoms with Crippen molar-refractivity contribution >= 4 is 43.1 Å². The van der Waals surface area contributed by atoms with Crippen molar-refractivity contribution in [3.8, 4) is 0 Å². The molecule has 2 N–H and O–H groups in total. The number of fused-ring (bicyclic) bond motifs is 4. The lowest BCUT2D eigenvalue weighted by Crippen LogP contribution is -2.49. The second-order valence-corrected chi connectivity index (χ2v) is 10.9. The molecule has 0 amide bonds. The Bertz CT molecular complexity index is 1510. The van der Waals surface area contributed by atoms with Crippen LogP contribution in [0.5, 0.6) is 0 Å². The summed E-state index contributed by atoms with van der Waals surface area (Å²) in [5.41, 5.74) is 2.84. The molecule has 1 fully saturated rings. The minimum atomic E-state index is 0.461. The fourth-order valence-electron chi connectivity index (χ4n) is 6.68. The zero-order chi connectivity index (χ0) is 25.3. The third-order valence-corrected chi connectivity index (χ3v) is 8.61. The second-order valence-electron chi connectivity index (χ2n) is 10.9. The van der Waals surface area contributed by atoms with E-state index in [1.807, 2.05) is 0 Å². The quantitative estimate of drug-likeness (QED) is 0.227. The first-order chi connectivity index (χ1) is 18.8. The molecule has 0 radical (unpaired) electrons. The molecular weight excluding hydrogens is 460 g/mol. The summed E-state index contributed by atoms with van der Waals surface area (Å²) in [4.78, 5) is 0. The summed E-state index contributed by atoms with van der Waals surface area (Å²) in [5.74, 6) is 0. The van der Waals surface area contributed by atoms with Crippen LogP contribution in [0.4, 0.5) is 0 Å². The van der Waals surface area contributed by atoms with Gasteiger partial charge in [0.25, 0.3) is 0 Å². The van der Waals surface area contributed by atoms with Crippen LogP contribution in [-0.2, 0) is 13.1 Å². The highest BCUT2D eigenvalue weighted by molar-refractivity contribution is 6.03. The Kier molecular flexibility index (Phi) is 6.29. The molecule has 1 aliphatic carbocycles. The molecule has 0 saturated heterocycles. The van der Waals surface area contributed by atoms with Crippen LogP contribution in [0.15, 0.2) is 109 Å². The fraction of sp³-hybridized carbons (Fsp3) is 0.222. The third kappa shape index (κ3) is 4.34. The molecule has 0 unspecified atom stereocenters. The minimum Gasteiger partial charge on any atom is -0.308 e. The van der Waals surface area contributed by atoms with E-state index >= 15 is 0 Å². The molecular formula is C36H34N2. The van der Waals surface area contributed by atoms with Crippen LogP contribution in [0, 0.1) is 0 Å². The van der Waals surface area contributed by atoms with Crippen molar-refractivity contribution in [3.05, 3.63) is 120 Å². The summed E-state index contributed by atoms with van der Waals surface area (Å²) in [5, 5.41) is 18.8. The van der Waals surface area contributed by atoms with E-state index in [9.17, 15) is 0 Å². The van der Waals surface area contributed by atoms with Gasteiger partial charge in [0, 0.05) is 25.2 Å². The molecule has 0 aliphatic heterocycles. The lowest BCUT2D eigenvalue weighted by atomic mass is 9.89. The Morgan fingerprint density at radius 1 is 0.447 bits per heavy atom. The van der Waals surface area contributed by atoms with E-state index in [1.54, 1.807) is 0 Å². The van der Waals surface area contributed by atoms with E-state index in [1.165, 1.54) is 79.9 Å². The van der Waals surface area contributed by atoms with Gasteiger partial charge >= 0.3 is 0 Å². The summed E-state index contributed by atoms with van der Waals surface area (Å²) in [6.07, 6.45) is 5.03. The number of hydrogen-bond acceptors (Lipinski definition) is 2. The summed E-state index contributed by atoms with van der Waals surface area (Å²) in [6.45, 7) is 1.78. The second kappa shape index (κ2) is 10.2. The molecule has 6 aromatic carbocycles. The zero-order valence-electron chi connectivity index (χ0n) is 21.8. The maximum atomic E-state index is 4.02. The van der Waals surface area contributed by atoms with Gasteiger partial charge in [-0.3, -0.25) is 0 Å². The normalized spacial score (nSPS) is 18.0. The van der Waals surface area contributed by atoms with Crippen molar-refractivity contribution < 1.29 is 0 Å². The molecule has 0 aromatic heterocycles. The number of nitrogens with one attached hydrogen (secondary N) is 2. The predicted octanol–water partition coefficient (Wildman–Crippen LogP) is 8.49. The highest BCUT2D eigenvalue weighted by Crippen LogP contribution is 2.31. The van der Waals surface area contributed by atoms with Gasteiger partial charge in [-0.2, -0.15) is 0 Å². The number of rotatable bonds is 6. The van der Waals surface area contributed by atoms with Crippen molar-refractivity contribution in [2.24, 2.45) is 0 Å². The van der Waals surface area contributed by atoms with Crippen molar-refractivity contribution in [1.29, 1.82) is 0 Å². The molecule has 0 heterocycles. The van der Waals surface area contributed by atoms with Crippen LogP contribution in [0.1, 0.15) is 36.8 Å². The molecule has 2 atom stereocenters. The minimum absolute atomic E-state index is 0.461. The van der Waals surface area contributed by atoms with Gasteiger partial charge in [-0.1, -0.05) is 110 Å². The largest absolute Gasteiger partial charge is 0.308 e. The molecule has 2 heteroatoms. The summed E-state index contributed by atoms with van der Waals surface area (Å²) in [6, 6.07) is 40.9. The fourth-order valence-corrected chi connectivity index (χ4v) is 6.68. The topological polar surface area (TPSA) is 24.1 Å². The zero-order valence-corrected chi connectivity index (χ0v) is 21.8. The number of benzene rings is 6. The van der Waals surface area contributed by atoms with Crippen molar-refractivity contribution in [2.45, 2.75) is 50.9 Å². The Labute approximate surface area is 224 Å². The lowest BCUT2D eigenvalue weighted by molar-refractivity contribution is 0.282. The van der Waals surface area contributed by atoms with Crippen LogP contribution in [0.25, 0.3) is 43.1 Å². The molecule has 0 bridgehead atoms. The maximum absolute atomic E-state index is 4.02. The van der Waals surface area contributed by atoms with Crippen molar-refractivity contribution in [1.82, 2.24) is 10.6 Å². The highest BCUT2D eigenvalue weighted by atomic mass is 15.0. The van der Waals surface area contributed by atoms with Crippen LogP contribution in [0.2, 0.25) is 0 Å². The molecule has 6 aromatic rings. The van der Waals surface area contributed by atoms with Gasteiger partial charge in [0.05, 0.1) is 0 Å². The van der Waals surface area contributed by atoms with Crippen LogP contribution < -0.4 is 10.6 Å².